The zero-order valence-electron chi connectivity index (χ0n) is 22.0. The van der Waals surface area contributed by atoms with E-state index in [1.165, 1.54) is 28.0 Å². The van der Waals surface area contributed by atoms with Crippen LogP contribution in [-0.2, 0) is 9.53 Å². The number of non-ortho nitro benzene ring substituents is 1. The molecule has 0 spiro atoms. The molecule has 3 aromatic rings. The molecule has 1 saturated heterocycles. The third-order valence-corrected chi connectivity index (χ3v) is 7.97. The summed E-state index contributed by atoms with van der Waals surface area (Å²) >= 11 is 1.20. The molecule has 1 fully saturated rings. The minimum Gasteiger partial charge on any atom is -0.463 e. The van der Waals surface area contributed by atoms with Crippen molar-refractivity contribution in [3.05, 3.63) is 101 Å². The summed E-state index contributed by atoms with van der Waals surface area (Å²) < 4.78 is 7.24. The summed E-state index contributed by atoms with van der Waals surface area (Å²) in [7, 11) is 2.06. The lowest BCUT2D eigenvalue weighted by atomic mass is 9.96. The van der Waals surface area contributed by atoms with Crippen LogP contribution in [-0.4, -0.2) is 60.2 Å². The van der Waals surface area contributed by atoms with Crippen molar-refractivity contribution in [1.82, 2.24) is 9.47 Å². The molecule has 2 aromatic carbocycles. The zero-order valence-corrected chi connectivity index (χ0v) is 22.8. The Morgan fingerprint density at radius 1 is 1.18 bits per heavy atom. The fourth-order valence-corrected chi connectivity index (χ4v) is 6.03. The fourth-order valence-electron chi connectivity index (χ4n) is 4.99. The van der Waals surface area contributed by atoms with Crippen molar-refractivity contribution in [3.63, 3.8) is 0 Å². The SMILES string of the molecule is CCOC(=O)C1=C(C)N=c2s/c(=C/c3cc([N+](=O)[O-])ccc3N3CCN(C)CC3)c(=O)n2C1c1ccccc1. The highest BCUT2D eigenvalue weighted by molar-refractivity contribution is 7.07. The average Bonchev–Trinajstić information content (AvgIpc) is 3.23. The number of esters is 1. The number of fused-ring (bicyclic) bond motifs is 1. The lowest BCUT2D eigenvalue weighted by Gasteiger charge is -2.34. The van der Waals surface area contributed by atoms with Gasteiger partial charge in [-0.2, -0.15) is 0 Å². The lowest BCUT2D eigenvalue weighted by molar-refractivity contribution is -0.384. The molecule has 3 heterocycles. The third-order valence-electron chi connectivity index (χ3n) is 6.98. The standard InChI is InChI=1S/C28H29N5O5S/c1-4-38-27(35)24-18(2)29-28-32(25(24)19-8-6-5-7-9-19)26(34)23(39-28)17-20-16-21(33(36)37)10-11-22(20)31-14-12-30(3)13-15-31/h5-11,16-17,25H,4,12-15H2,1-3H3/b23-17+. The largest absolute Gasteiger partial charge is 0.463 e. The third kappa shape index (κ3) is 5.15. The molecule has 0 saturated carbocycles. The Labute approximate surface area is 228 Å². The normalized spacial score (nSPS) is 18.1. The number of carbonyl (C=O) groups excluding carboxylic acids is 1. The molecule has 1 atom stereocenters. The summed E-state index contributed by atoms with van der Waals surface area (Å²) in [5, 5.41) is 11.6. The van der Waals surface area contributed by atoms with Crippen LogP contribution >= 0.6 is 11.3 Å². The van der Waals surface area contributed by atoms with Gasteiger partial charge in [-0.1, -0.05) is 41.7 Å². The van der Waals surface area contributed by atoms with Gasteiger partial charge < -0.3 is 14.5 Å². The van der Waals surface area contributed by atoms with Crippen molar-refractivity contribution in [3.8, 4) is 0 Å². The van der Waals surface area contributed by atoms with E-state index in [2.05, 4.69) is 21.8 Å². The Morgan fingerprint density at radius 2 is 1.90 bits per heavy atom. The van der Waals surface area contributed by atoms with E-state index in [1.54, 1.807) is 26.0 Å². The summed E-state index contributed by atoms with van der Waals surface area (Å²) in [5.74, 6) is -0.516. The van der Waals surface area contributed by atoms with Crippen molar-refractivity contribution >= 4 is 34.8 Å². The second kappa shape index (κ2) is 11.0. The quantitative estimate of drug-likeness (QED) is 0.265. The minimum atomic E-state index is -0.703. The minimum absolute atomic E-state index is 0.0468. The second-order valence-corrected chi connectivity index (χ2v) is 10.5. The van der Waals surface area contributed by atoms with E-state index in [4.69, 9.17) is 4.74 Å². The van der Waals surface area contributed by atoms with E-state index in [0.717, 1.165) is 37.4 Å². The highest BCUT2D eigenvalue weighted by Gasteiger charge is 2.33. The summed E-state index contributed by atoms with van der Waals surface area (Å²) in [6, 6.07) is 13.4. The van der Waals surface area contributed by atoms with Crippen LogP contribution in [0.5, 0.6) is 0 Å². The first-order valence-corrected chi connectivity index (χ1v) is 13.6. The molecule has 0 bridgehead atoms. The first-order chi connectivity index (χ1) is 18.8. The van der Waals surface area contributed by atoms with Crippen LogP contribution in [0.2, 0.25) is 0 Å². The number of nitrogens with zero attached hydrogens (tertiary/aromatic N) is 5. The number of aromatic nitrogens is 1. The Kier molecular flexibility index (Phi) is 7.45. The number of anilines is 1. The van der Waals surface area contributed by atoms with Crippen LogP contribution < -0.4 is 19.8 Å². The molecule has 2 aliphatic heterocycles. The van der Waals surface area contributed by atoms with Gasteiger partial charge in [0.2, 0.25) is 0 Å². The molecule has 10 nitrogen and oxygen atoms in total. The van der Waals surface area contributed by atoms with E-state index in [-0.39, 0.29) is 17.9 Å². The van der Waals surface area contributed by atoms with Gasteiger partial charge in [-0.3, -0.25) is 19.5 Å². The fraction of sp³-hybridized carbons (Fsp3) is 0.321. The smallest absolute Gasteiger partial charge is 0.338 e. The van der Waals surface area contributed by atoms with Crippen LogP contribution in [0.15, 0.2) is 69.6 Å². The van der Waals surface area contributed by atoms with Crippen molar-refractivity contribution in [1.29, 1.82) is 0 Å². The molecule has 39 heavy (non-hydrogen) atoms. The molecule has 202 valence electrons. The number of thiazole rings is 1. The van der Waals surface area contributed by atoms with Crippen LogP contribution in [0.1, 0.15) is 31.0 Å². The van der Waals surface area contributed by atoms with Gasteiger partial charge in [0.1, 0.15) is 0 Å². The number of piperazine rings is 1. The topological polar surface area (TPSA) is 110 Å². The molecule has 11 heteroatoms. The monoisotopic (exact) mass is 547 g/mol. The number of nitro benzene ring substituents is 1. The van der Waals surface area contributed by atoms with Gasteiger partial charge in [-0.25, -0.2) is 9.79 Å². The van der Waals surface area contributed by atoms with Gasteiger partial charge in [0.15, 0.2) is 4.80 Å². The van der Waals surface area contributed by atoms with Gasteiger partial charge in [0, 0.05) is 49.6 Å². The lowest BCUT2D eigenvalue weighted by Crippen LogP contribution is -2.44. The maximum Gasteiger partial charge on any atom is 0.338 e. The van der Waals surface area contributed by atoms with Gasteiger partial charge in [0.05, 0.1) is 33.4 Å². The summed E-state index contributed by atoms with van der Waals surface area (Å²) in [5.41, 5.74) is 2.63. The predicted octanol–water partition coefficient (Wildman–Crippen LogP) is 2.46. The Bertz CT molecular complexity index is 1630. The Hall–Kier alpha value is -4.09. The van der Waals surface area contributed by atoms with Gasteiger partial charge in [-0.15, -0.1) is 0 Å². The number of ether oxygens (including phenoxy) is 1. The number of nitro groups is 1. The maximum atomic E-state index is 13.9. The van der Waals surface area contributed by atoms with E-state index < -0.39 is 16.9 Å². The molecule has 2 aliphatic rings. The summed E-state index contributed by atoms with van der Waals surface area (Å²) in [6.07, 6.45) is 1.70. The Morgan fingerprint density at radius 3 is 2.56 bits per heavy atom. The molecule has 0 radical (unpaired) electrons. The van der Waals surface area contributed by atoms with Crippen molar-refractivity contribution in [2.75, 3.05) is 44.7 Å². The van der Waals surface area contributed by atoms with Crippen molar-refractivity contribution in [2.24, 2.45) is 4.99 Å². The number of hydrogen-bond acceptors (Lipinski definition) is 9. The van der Waals surface area contributed by atoms with Crippen LogP contribution in [0.25, 0.3) is 6.08 Å². The molecule has 1 aromatic heterocycles. The van der Waals surface area contributed by atoms with Gasteiger partial charge >= 0.3 is 5.97 Å². The number of benzene rings is 2. The number of allylic oxidation sites excluding steroid dienone is 1. The van der Waals surface area contributed by atoms with Crippen LogP contribution in [0, 0.1) is 10.1 Å². The molecule has 0 N–H and O–H groups in total. The number of likely N-dealkylation sites (N-methyl/N-ethyl adjacent to an activating group) is 1. The molecule has 5 rings (SSSR count). The van der Waals surface area contributed by atoms with E-state index in [1.807, 2.05) is 30.3 Å². The van der Waals surface area contributed by atoms with Gasteiger partial charge in [0.25, 0.3) is 11.2 Å². The molecule has 0 amide bonds. The zero-order chi connectivity index (χ0) is 27.7. The average molecular weight is 548 g/mol. The van der Waals surface area contributed by atoms with E-state index in [0.29, 0.717) is 26.2 Å². The summed E-state index contributed by atoms with van der Waals surface area (Å²) in [6.45, 7) is 6.95. The maximum absolute atomic E-state index is 13.9. The van der Waals surface area contributed by atoms with Crippen molar-refractivity contribution < 1.29 is 14.5 Å². The van der Waals surface area contributed by atoms with E-state index in [9.17, 15) is 19.7 Å². The van der Waals surface area contributed by atoms with E-state index >= 15 is 0 Å². The Balaban J connectivity index is 1.69. The first kappa shape index (κ1) is 26.5. The first-order valence-electron chi connectivity index (χ1n) is 12.7. The second-order valence-electron chi connectivity index (χ2n) is 9.50. The van der Waals surface area contributed by atoms with Crippen LogP contribution in [0.4, 0.5) is 11.4 Å². The van der Waals surface area contributed by atoms with Crippen LogP contribution in [0.3, 0.4) is 0 Å². The highest BCUT2D eigenvalue weighted by atomic mass is 32.1. The number of rotatable bonds is 6. The molecule has 0 aliphatic carbocycles. The molecular formula is C28H29N5O5S. The molecule has 1 unspecified atom stereocenters. The number of hydrogen-bond donors (Lipinski definition) is 0. The van der Waals surface area contributed by atoms with Crippen molar-refractivity contribution in [2.45, 2.75) is 19.9 Å². The predicted molar refractivity (Wildman–Crippen MR) is 150 cm³/mol. The van der Waals surface area contributed by atoms with Gasteiger partial charge in [-0.05, 0) is 38.6 Å². The molecular weight excluding hydrogens is 518 g/mol. The number of carbonyl (C=O) groups is 1. The highest BCUT2D eigenvalue weighted by Crippen LogP contribution is 2.31. The summed E-state index contributed by atoms with van der Waals surface area (Å²) in [4.78, 5) is 47.6.